The van der Waals surface area contributed by atoms with E-state index in [-0.39, 0.29) is 35.5 Å². The van der Waals surface area contributed by atoms with E-state index in [1.54, 1.807) is 11.3 Å². The summed E-state index contributed by atoms with van der Waals surface area (Å²) in [5.74, 6) is 0.875. The van der Waals surface area contributed by atoms with Crippen LogP contribution in [0.4, 0.5) is 0 Å². The van der Waals surface area contributed by atoms with Crippen LogP contribution in [-0.4, -0.2) is 47.3 Å². The predicted molar refractivity (Wildman–Crippen MR) is 125 cm³/mol. The first-order chi connectivity index (χ1) is 15.7. The molecule has 0 radical (unpaired) electrons. The first-order valence-electron chi connectivity index (χ1n) is 11.2. The fourth-order valence-electron chi connectivity index (χ4n) is 5.08. The van der Waals surface area contributed by atoms with E-state index < -0.39 is 0 Å². The van der Waals surface area contributed by atoms with Crippen molar-refractivity contribution in [1.29, 1.82) is 0 Å². The number of imide groups is 1. The molecule has 32 heavy (non-hydrogen) atoms. The highest BCUT2D eigenvalue weighted by Crippen LogP contribution is 2.52. The lowest BCUT2D eigenvalue weighted by molar-refractivity contribution is -0.140. The van der Waals surface area contributed by atoms with E-state index in [0.29, 0.717) is 25.6 Å². The smallest absolute Gasteiger partial charge is 0.233 e. The fourth-order valence-corrected chi connectivity index (χ4v) is 5.81. The number of hydrogen-bond donors (Lipinski definition) is 2. The number of benzene rings is 1. The molecule has 1 aromatic carbocycles. The molecule has 0 spiro atoms. The second-order valence-corrected chi connectivity index (χ2v) is 9.39. The molecule has 4 unspecified atom stereocenters. The lowest BCUT2D eigenvalue weighted by atomic mass is 9.85. The minimum Gasteiger partial charge on any atom is -0.357 e. The number of allylic oxidation sites excluding steroid dienone is 2. The average molecular weight is 450 g/mol. The predicted octanol–water partition coefficient (Wildman–Crippen LogP) is 2.67. The van der Waals surface area contributed by atoms with Gasteiger partial charge in [-0.15, -0.1) is 11.3 Å². The van der Waals surface area contributed by atoms with E-state index >= 15 is 0 Å². The lowest BCUT2D eigenvalue weighted by Crippen LogP contribution is -2.43. The number of hydrogen-bond acceptors (Lipinski definition) is 5. The van der Waals surface area contributed by atoms with Gasteiger partial charge in [-0.3, -0.25) is 14.5 Å². The van der Waals surface area contributed by atoms with Crippen LogP contribution in [0.5, 0.6) is 0 Å². The zero-order chi connectivity index (χ0) is 22.1. The third kappa shape index (κ3) is 3.83. The molecule has 7 nitrogen and oxygen atoms in total. The fraction of sp³-hybridized carbons (Fsp3) is 0.417. The van der Waals surface area contributed by atoms with Gasteiger partial charge in [-0.25, -0.2) is 9.98 Å². The second-order valence-electron chi connectivity index (χ2n) is 8.44. The van der Waals surface area contributed by atoms with Crippen LogP contribution in [0.2, 0.25) is 0 Å². The van der Waals surface area contributed by atoms with Gasteiger partial charge in [0.05, 0.1) is 24.1 Å². The number of aromatic nitrogens is 1. The average Bonchev–Trinajstić information content (AvgIpc) is 3.59. The Morgan fingerprint density at radius 1 is 1.12 bits per heavy atom. The highest BCUT2D eigenvalue weighted by atomic mass is 32.1. The minimum atomic E-state index is -0.136. The van der Waals surface area contributed by atoms with Crippen LogP contribution in [0.15, 0.2) is 52.9 Å². The Hall–Kier alpha value is -3.00. The largest absolute Gasteiger partial charge is 0.357 e. The summed E-state index contributed by atoms with van der Waals surface area (Å²) in [6, 6.07) is 10.1. The van der Waals surface area contributed by atoms with Crippen molar-refractivity contribution in [3.8, 4) is 11.3 Å². The topological polar surface area (TPSA) is 86.7 Å². The molecule has 2 aromatic rings. The number of carbonyl (C=O) groups excluding carboxylic acids is 2. The molecular formula is C24H27N5O2S. The number of thiazole rings is 1. The van der Waals surface area contributed by atoms with Gasteiger partial charge in [-0.05, 0) is 25.2 Å². The van der Waals surface area contributed by atoms with E-state index in [2.05, 4.69) is 32.8 Å². The maximum Gasteiger partial charge on any atom is 0.233 e. The molecule has 1 aromatic heterocycles. The van der Waals surface area contributed by atoms with Gasteiger partial charge < -0.3 is 10.6 Å². The van der Waals surface area contributed by atoms with Crippen molar-refractivity contribution >= 4 is 29.1 Å². The molecule has 2 heterocycles. The van der Waals surface area contributed by atoms with Gasteiger partial charge in [0.25, 0.3) is 0 Å². The third-order valence-electron chi connectivity index (χ3n) is 6.53. The molecule has 2 aliphatic carbocycles. The first-order valence-corrected chi connectivity index (χ1v) is 12.1. The Kier molecular flexibility index (Phi) is 5.78. The normalized spacial score (nSPS) is 26.2. The number of rotatable bonds is 7. The monoisotopic (exact) mass is 449 g/mol. The maximum absolute atomic E-state index is 12.8. The first kappa shape index (κ1) is 20.9. The molecule has 2 bridgehead atoms. The molecule has 166 valence electrons. The SMILES string of the molecule is CCNC(=NCc1nc(-c2ccccc2)cs1)NCCN1C(=O)C2C3C=CC(C3)C2C1=O. The van der Waals surface area contributed by atoms with E-state index in [0.717, 1.165) is 29.2 Å². The van der Waals surface area contributed by atoms with Crippen LogP contribution in [0.25, 0.3) is 11.3 Å². The van der Waals surface area contributed by atoms with Gasteiger partial charge in [0.2, 0.25) is 11.8 Å². The van der Waals surface area contributed by atoms with Gasteiger partial charge in [0.1, 0.15) is 5.01 Å². The summed E-state index contributed by atoms with van der Waals surface area (Å²) in [7, 11) is 0. The summed E-state index contributed by atoms with van der Waals surface area (Å²) in [4.78, 5) is 36.4. The van der Waals surface area contributed by atoms with Crippen molar-refractivity contribution in [2.24, 2.45) is 28.7 Å². The molecule has 5 rings (SSSR count). The standard InChI is InChI=1S/C24H27N5O2S/c1-2-25-24(27-13-19-28-18(14-32-19)15-6-4-3-5-7-15)26-10-11-29-22(30)20-16-8-9-17(12-16)21(20)23(29)31/h3-9,14,16-17,20-21H,2,10-13H2,1H3,(H2,25,26,27). The Morgan fingerprint density at radius 3 is 2.53 bits per heavy atom. The molecule has 2 amide bonds. The minimum absolute atomic E-state index is 0.00295. The van der Waals surface area contributed by atoms with Crippen molar-refractivity contribution < 1.29 is 9.59 Å². The van der Waals surface area contributed by atoms with Gasteiger partial charge in [-0.2, -0.15) is 0 Å². The Morgan fingerprint density at radius 2 is 1.84 bits per heavy atom. The Bertz CT molecular complexity index is 1030. The number of nitrogens with zero attached hydrogens (tertiary/aromatic N) is 3. The van der Waals surface area contributed by atoms with E-state index in [1.807, 2.05) is 42.6 Å². The van der Waals surface area contributed by atoms with Gasteiger partial charge in [-0.1, -0.05) is 42.5 Å². The summed E-state index contributed by atoms with van der Waals surface area (Å²) in [5, 5.41) is 9.45. The highest BCUT2D eigenvalue weighted by molar-refractivity contribution is 7.09. The maximum atomic E-state index is 12.8. The van der Waals surface area contributed by atoms with Gasteiger partial charge in [0, 0.05) is 30.6 Å². The van der Waals surface area contributed by atoms with Crippen LogP contribution >= 0.6 is 11.3 Å². The van der Waals surface area contributed by atoms with E-state index in [4.69, 9.17) is 0 Å². The van der Waals surface area contributed by atoms with E-state index in [9.17, 15) is 9.59 Å². The van der Waals surface area contributed by atoms with Crippen LogP contribution in [-0.2, 0) is 16.1 Å². The molecule has 4 atom stereocenters. The number of carbonyl (C=O) groups is 2. The Balaban J connectivity index is 1.17. The van der Waals surface area contributed by atoms with Crippen molar-refractivity contribution in [2.45, 2.75) is 19.9 Å². The number of nitrogens with one attached hydrogen (secondary N) is 2. The Labute approximate surface area is 191 Å². The number of aliphatic imine (C=N–C) groups is 1. The molecule has 1 aliphatic heterocycles. The molecule has 8 heteroatoms. The number of guanidine groups is 1. The lowest BCUT2D eigenvalue weighted by Gasteiger charge is -2.18. The summed E-state index contributed by atoms with van der Waals surface area (Å²) in [5.41, 5.74) is 2.05. The highest BCUT2D eigenvalue weighted by Gasteiger charge is 2.58. The van der Waals surface area contributed by atoms with Crippen LogP contribution < -0.4 is 10.6 Å². The number of fused-ring (bicyclic) bond motifs is 5. The molecule has 1 saturated heterocycles. The third-order valence-corrected chi connectivity index (χ3v) is 7.36. The van der Waals surface area contributed by atoms with Crippen LogP contribution in [0.1, 0.15) is 18.4 Å². The summed E-state index contributed by atoms with van der Waals surface area (Å²) in [6.07, 6.45) is 5.20. The quantitative estimate of drug-likeness (QED) is 0.294. The molecule has 2 N–H and O–H groups in total. The number of likely N-dealkylation sites (tertiary alicyclic amines) is 1. The van der Waals surface area contributed by atoms with E-state index in [1.165, 1.54) is 4.90 Å². The zero-order valence-electron chi connectivity index (χ0n) is 18.0. The summed E-state index contributed by atoms with van der Waals surface area (Å²) >= 11 is 1.59. The van der Waals surface area contributed by atoms with Crippen LogP contribution in [0, 0.1) is 23.7 Å². The summed E-state index contributed by atoms with van der Waals surface area (Å²) < 4.78 is 0. The van der Waals surface area contributed by atoms with Crippen molar-refractivity contribution in [3.63, 3.8) is 0 Å². The van der Waals surface area contributed by atoms with Crippen molar-refractivity contribution in [2.75, 3.05) is 19.6 Å². The zero-order valence-corrected chi connectivity index (χ0v) is 18.8. The van der Waals surface area contributed by atoms with Crippen molar-refractivity contribution in [1.82, 2.24) is 20.5 Å². The van der Waals surface area contributed by atoms with Gasteiger partial charge >= 0.3 is 0 Å². The molecular weight excluding hydrogens is 422 g/mol. The van der Waals surface area contributed by atoms with Gasteiger partial charge in [0.15, 0.2) is 5.96 Å². The number of amides is 2. The van der Waals surface area contributed by atoms with Crippen molar-refractivity contribution in [3.05, 3.63) is 52.9 Å². The molecule has 1 saturated carbocycles. The molecule has 3 aliphatic rings. The second kappa shape index (κ2) is 8.86. The van der Waals surface area contributed by atoms with Crippen LogP contribution in [0.3, 0.4) is 0 Å². The molecule has 2 fully saturated rings. The summed E-state index contributed by atoms with van der Waals surface area (Å²) in [6.45, 7) is 4.03.